The second kappa shape index (κ2) is 6.83. The number of benzene rings is 1. The van der Waals surface area contributed by atoms with E-state index in [9.17, 15) is 0 Å². The average Bonchev–Trinajstić information content (AvgIpc) is 2.45. The Morgan fingerprint density at radius 2 is 1.95 bits per heavy atom. The Labute approximate surface area is 123 Å². The fourth-order valence-corrected chi connectivity index (χ4v) is 2.75. The third-order valence-corrected chi connectivity index (χ3v) is 3.95. The summed E-state index contributed by atoms with van der Waals surface area (Å²) in [5.74, 6) is 0.463. The lowest BCUT2D eigenvalue weighted by atomic mass is 9.89. The molecule has 0 fully saturated rings. The zero-order valence-electron chi connectivity index (χ0n) is 11.3. The Kier molecular flexibility index (Phi) is 5.11. The number of rotatable bonds is 5. The average molecular weight is 319 g/mol. The van der Waals surface area contributed by atoms with Crippen molar-refractivity contribution in [2.75, 3.05) is 7.05 Å². The molecule has 100 valence electrons. The van der Waals surface area contributed by atoms with Crippen molar-refractivity contribution < 1.29 is 0 Å². The molecule has 1 N–H and O–H groups in total. The van der Waals surface area contributed by atoms with Crippen LogP contribution in [0.1, 0.15) is 24.0 Å². The second-order valence-electron chi connectivity index (χ2n) is 4.81. The summed E-state index contributed by atoms with van der Waals surface area (Å²) in [6.45, 7) is 2.27. The molecule has 0 saturated carbocycles. The molecule has 0 aliphatic rings. The van der Waals surface area contributed by atoms with Crippen molar-refractivity contribution in [1.29, 1.82) is 0 Å². The number of hydrogen-bond acceptors (Lipinski definition) is 2. The van der Waals surface area contributed by atoms with Gasteiger partial charge in [0.25, 0.3) is 0 Å². The third-order valence-electron chi connectivity index (χ3n) is 3.52. The van der Waals surface area contributed by atoms with Crippen LogP contribution in [0.5, 0.6) is 0 Å². The van der Waals surface area contributed by atoms with Gasteiger partial charge in [-0.25, -0.2) is 0 Å². The SMILES string of the molecule is CNC(Cc1cncc(Br)c1)C(C)c1ccccc1. The van der Waals surface area contributed by atoms with E-state index in [4.69, 9.17) is 0 Å². The summed E-state index contributed by atoms with van der Waals surface area (Å²) in [5, 5.41) is 3.43. The van der Waals surface area contributed by atoms with Crippen LogP contribution in [0.15, 0.2) is 53.3 Å². The summed E-state index contributed by atoms with van der Waals surface area (Å²) < 4.78 is 1.03. The topological polar surface area (TPSA) is 24.9 Å². The maximum Gasteiger partial charge on any atom is 0.0410 e. The summed E-state index contributed by atoms with van der Waals surface area (Å²) in [6.07, 6.45) is 4.73. The molecule has 0 bridgehead atoms. The largest absolute Gasteiger partial charge is 0.316 e. The highest BCUT2D eigenvalue weighted by Crippen LogP contribution is 2.22. The number of likely N-dealkylation sites (N-methyl/N-ethyl adjacent to an activating group) is 1. The van der Waals surface area contributed by atoms with Crippen molar-refractivity contribution >= 4 is 15.9 Å². The Hall–Kier alpha value is -1.19. The molecule has 1 aromatic heterocycles. The van der Waals surface area contributed by atoms with Crippen LogP contribution >= 0.6 is 15.9 Å². The summed E-state index contributed by atoms with van der Waals surface area (Å²) in [4.78, 5) is 4.23. The van der Waals surface area contributed by atoms with E-state index in [0.29, 0.717) is 12.0 Å². The standard InChI is InChI=1S/C16H19BrN2/c1-12(14-6-4-3-5-7-14)16(18-2)9-13-8-15(17)11-19-10-13/h3-8,10-12,16,18H,9H2,1-2H3. The van der Waals surface area contributed by atoms with Gasteiger partial charge in [-0.1, -0.05) is 37.3 Å². The minimum atomic E-state index is 0.401. The van der Waals surface area contributed by atoms with Crippen molar-refractivity contribution in [2.45, 2.75) is 25.3 Å². The van der Waals surface area contributed by atoms with E-state index >= 15 is 0 Å². The van der Waals surface area contributed by atoms with Gasteiger partial charge in [0, 0.05) is 22.9 Å². The van der Waals surface area contributed by atoms with E-state index < -0.39 is 0 Å². The van der Waals surface area contributed by atoms with Crippen LogP contribution in [-0.4, -0.2) is 18.1 Å². The number of nitrogens with zero attached hydrogens (tertiary/aromatic N) is 1. The Morgan fingerprint density at radius 1 is 1.21 bits per heavy atom. The van der Waals surface area contributed by atoms with Gasteiger partial charge in [0.2, 0.25) is 0 Å². The van der Waals surface area contributed by atoms with Gasteiger partial charge < -0.3 is 5.32 Å². The lowest BCUT2D eigenvalue weighted by molar-refractivity contribution is 0.482. The minimum Gasteiger partial charge on any atom is -0.316 e. The first-order chi connectivity index (χ1) is 9.20. The smallest absolute Gasteiger partial charge is 0.0410 e. The van der Waals surface area contributed by atoms with Gasteiger partial charge in [-0.05, 0) is 52.5 Å². The van der Waals surface area contributed by atoms with Crippen LogP contribution in [0.4, 0.5) is 0 Å². The molecule has 2 aromatic rings. The number of nitrogens with one attached hydrogen (secondary N) is 1. The zero-order valence-corrected chi connectivity index (χ0v) is 12.9. The van der Waals surface area contributed by atoms with Crippen molar-refractivity contribution in [3.8, 4) is 0 Å². The summed E-state index contributed by atoms with van der Waals surface area (Å²) in [7, 11) is 2.02. The summed E-state index contributed by atoms with van der Waals surface area (Å²) >= 11 is 3.47. The lowest BCUT2D eigenvalue weighted by Crippen LogP contribution is -2.33. The molecule has 1 aromatic carbocycles. The van der Waals surface area contributed by atoms with Crippen LogP contribution in [0, 0.1) is 0 Å². The Bertz CT molecular complexity index is 513. The van der Waals surface area contributed by atoms with Gasteiger partial charge >= 0.3 is 0 Å². The molecule has 0 radical (unpaired) electrons. The third kappa shape index (κ3) is 3.88. The number of aromatic nitrogens is 1. The number of hydrogen-bond donors (Lipinski definition) is 1. The molecule has 0 spiro atoms. The van der Waals surface area contributed by atoms with Crippen molar-refractivity contribution in [3.05, 3.63) is 64.4 Å². The van der Waals surface area contributed by atoms with Gasteiger partial charge in [-0.3, -0.25) is 4.98 Å². The monoisotopic (exact) mass is 318 g/mol. The van der Waals surface area contributed by atoms with Crippen molar-refractivity contribution in [1.82, 2.24) is 10.3 Å². The van der Waals surface area contributed by atoms with Crippen LogP contribution in [0.25, 0.3) is 0 Å². The van der Waals surface area contributed by atoms with Gasteiger partial charge in [0.05, 0.1) is 0 Å². The summed E-state index contributed by atoms with van der Waals surface area (Å²) in [6, 6.07) is 13.2. The molecule has 3 heteroatoms. The molecule has 1 heterocycles. The van der Waals surface area contributed by atoms with Crippen molar-refractivity contribution in [2.24, 2.45) is 0 Å². The fourth-order valence-electron chi connectivity index (χ4n) is 2.34. The van der Waals surface area contributed by atoms with E-state index in [0.717, 1.165) is 10.9 Å². The van der Waals surface area contributed by atoms with E-state index in [1.165, 1.54) is 11.1 Å². The second-order valence-corrected chi connectivity index (χ2v) is 5.73. The fraction of sp³-hybridized carbons (Fsp3) is 0.312. The van der Waals surface area contributed by atoms with Crippen molar-refractivity contribution in [3.63, 3.8) is 0 Å². The van der Waals surface area contributed by atoms with Crippen LogP contribution in [0.2, 0.25) is 0 Å². The van der Waals surface area contributed by atoms with Gasteiger partial charge in [0.1, 0.15) is 0 Å². The predicted octanol–water partition coefficient (Wildman–Crippen LogP) is 3.78. The summed E-state index contributed by atoms with van der Waals surface area (Å²) in [5.41, 5.74) is 2.61. The lowest BCUT2D eigenvalue weighted by Gasteiger charge is -2.24. The van der Waals surface area contributed by atoms with E-state index in [1.54, 1.807) is 0 Å². The van der Waals surface area contributed by atoms with Crippen LogP contribution in [-0.2, 0) is 6.42 Å². The molecular weight excluding hydrogens is 300 g/mol. The number of halogens is 1. The maximum atomic E-state index is 4.23. The van der Waals surface area contributed by atoms with Gasteiger partial charge in [-0.2, -0.15) is 0 Å². The Balaban J connectivity index is 2.12. The molecule has 0 amide bonds. The molecule has 0 aliphatic heterocycles. The highest BCUT2D eigenvalue weighted by Gasteiger charge is 2.17. The molecule has 2 unspecified atom stereocenters. The first kappa shape index (κ1) is 14.2. The maximum absolute atomic E-state index is 4.23. The highest BCUT2D eigenvalue weighted by molar-refractivity contribution is 9.10. The van der Waals surface area contributed by atoms with Gasteiger partial charge in [0.15, 0.2) is 0 Å². The van der Waals surface area contributed by atoms with Gasteiger partial charge in [-0.15, -0.1) is 0 Å². The van der Waals surface area contributed by atoms with E-state index in [1.807, 2.05) is 19.4 Å². The van der Waals surface area contributed by atoms with E-state index in [-0.39, 0.29) is 0 Å². The molecule has 2 rings (SSSR count). The number of pyridine rings is 1. The first-order valence-corrected chi connectivity index (χ1v) is 7.31. The molecule has 0 saturated heterocycles. The molecule has 19 heavy (non-hydrogen) atoms. The zero-order chi connectivity index (χ0) is 13.7. The molecule has 2 atom stereocenters. The first-order valence-electron chi connectivity index (χ1n) is 6.52. The normalized spacial score (nSPS) is 14.1. The van der Waals surface area contributed by atoms with Crippen LogP contribution in [0.3, 0.4) is 0 Å². The highest BCUT2D eigenvalue weighted by atomic mass is 79.9. The van der Waals surface area contributed by atoms with E-state index in [2.05, 4.69) is 69.6 Å². The Morgan fingerprint density at radius 3 is 2.58 bits per heavy atom. The minimum absolute atomic E-state index is 0.401. The van der Waals surface area contributed by atoms with Crippen LogP contribution < -0.4 is 5.32 Å². The quantitative estimate of drug-likeness (QED) is 0.907. The molecule has 0 aliphatic carbocycles. The molecule has 2 nitrogen and oxygen atoms in total. The molecular formula is C16H19BrN2. The predicted molar refractivity (Wildman–Crippen MR) is 83.3 cm³/mol.